The Labute approximate surface area is 126 Å². The maximum atomic E-state index is 10.5. The number of hydrogen-bond donors (Lipinski definition) is 1. The van der Waals surface area contributed by atoms with Crippen LogP contribution < -0.4 is 9.47 Å². The monoisotopic (exact) mass is 286 g/mol. The summed E-state index contributed by atoms with van der Waals surface area (Å²) in [6.45, 7) is 2.86. The number of aliphatic hydroxyl groups is 1. The molecule has 21 heavy (non-hydrogen) atoms. The van der Waals surface area contributed by atoms with Crippen molar-refractivity contribution >= 4 is 0 Å². The molecule has 2 rings (SSSR count). The average molecular weight is 286 g/mol. The molecule has 112 valence electrons. The van der Waals surface area contributed by atoms with E-state index in [0.717, 1.165) is 36.3 Å². The molecular weight excluding hydrogens is 264 g/mol. The zero-order chi connectivity index (χ0) is 15.1. The number of rotatable bonds is 7. The Kier molecular flexibility index (Phi) is 5.64. The molecule has 0 saturated heterocycles. The lowest BCUT2D eigenvalue weighted by Crippen LogP contribution is -2.02. The first-order chi connectivity index (χ1) is 10.3. The van der Waals surface area contributed by atoms with Crippen LogP contribution in [0.2, 0.25) is 0 Å². The summed E-state index contributed by atoms with van der Waals surface area (Å²) in [4.78, 5) is 0. The molecule has 0 spiro atoms. The summed E-state index contributed by atoms with van der Waals surface area (Å²) in [5, 5.41) is 10.5. The Bertz CT molecular complexity index is 549. The number of methoxy groups -OCH3 is 1. The molecule has 2 aromatic carbocycles. The van der Waals surface area contributed by atoms with Crippen molar-refractivity contribution in [2.24, 2.45) is 0 Å². The van der Waals surface area contributed by atoms with Crippen LogP contribution in [0.15, 0.2) is 48.5 Å². The van der Waals surface area contributed by atoms with Crippen molar-refractivity contribution in [2.75, 3.05) is 13.7 Å². The molecule has 0 amide bonds. The van der Waals surface area contributed by atoms with Crippen molar-refractivity contribution in [1.29, 1.82) is 0 Å². The molecule has 1 atom stereocenters. The first-order valence-corrected chi connectivity index (χ1v) is 7.30. The van der Waals surface area contributed by atoms with Gasteiger partial charge in [-0.2, -0.15) is 0 Å². The van der Waals surface area contributed by atoms with Gasteiger partial charge in [0.15, 0.2) is 0 Å². The Balaban J connectivity index is 2.10. The van der Waals surface area contributed by atoms with E-state index in [2.05, 4.69) is 6.92 Å². The van der Waals surface area contributed by atoms with Crippen molar-refractivity contribution in [2.45, 2.75) is 25.9 Å². The van der Waals surface area contributed by atoms with Crippen LogP contribution in [0.4, 0.5) is 0 Å². The normalized spacial score (nSPS) is 12.0. The second-order valence-electron chi connectivity index (χ2n) is 4.92. The van der Waals surface area contributed by atoms with Crippen LogP contribution in [0, 0.1) is 0 Å². The van der Waals surface area contributed by atoms with E-state index in [1.165, 1.54) is 0 Å². The van der Waals surface area contributed by atoms with Gasteiger partial charge in [-0.25, -0.2) is 0 Å². The second kappa shape index (κ2) is 7.70. The highest BCUT2D eigenvalue weighted by Gasteiger charge is 2.14. The van der Waals surface area contributed by atoms with Gasteiger partial charge in [0, 0.05) is 5.56 Å². The summed E-state index contributed by atoms with van der Waals surface area (Å²) in [5.74, 6) is 1.52. The Morgan fingerprint density at radius 2 is 1.76 bits per heavy atom. The number of aliphatic hydroxyl groups excluding tert-OH is 1. The van der Waals surface area contributed by atoms with Crippen molar-refractivity contribution in [3.63, 3.8) is 0 Å². The highest BCUT2D eigenvalue weighted by Crippen LogP contribution is 2.30. The first-order valence-electron chi connectivity index (χ1n) is 7.30. The number of hydrogen-bond acceptors (Lipinski definition) is 3. The number of benzene rings is 2. The third-order valence-corrected chi connectivity index (χ3v) is 3.40. The molecular formula is C18H22O3. The molecule has 3 heteroatoms. The molecule has 2 aromatic rings. The Hall–Kier alpha value is -2.00. The maximum absolute atomic E-state index is 10.5. The van der Waals surface area contributed by atoms with Crippen LogP contribution in [0.3, 0.4) is 0 Å². The molecule has 0 aliphatic rings. The van der Waals surface area contributed by atoms with Crippen LogP contribution in [0.5, 0.6) is 11.5 Å². The molecule has 0 fully saturated rings. The Morgan fingerprint density at radius 3 is 2.43 bits per heavy atom. The van der Waals surface area contributed by atoms with E-state index in [1.807, 2.05) is 48.5 Å². The van der Waals surface area contributed by atoms with Crippen LogP contribution in [-0.4, -0.2) is 18.8 Å². The quantitative estimate of drug-likeness (QED) is 0.783. The number of unbranched alkanes of at least 4 members (excludes halogenated alkanes) is 1. The predicted molar refractivity (Wildman–Crippen MR) is 83.9 cm³/mol. The molecule has 0 bridgehead atoms. The van der Waals surface area contributed by atoms with Gasteiger partial charge in [-0.15, -0.1) is 0 Å². The maximum Gasteiger partial charge on any atom is 0.125 e. The van der Waals surface area contributed by atoms with Crippen LogP contribution in [0.25, 0.3) is 0 Å². The third-order valence-electron chi connectivity index (χ3n) is 3.40. The fourth-order valence-electron chi connectivity index (χ4n) is 2.15. The molecule has 1 unspecified atom stereocenters. The van der Waals surface area contributed by atoms with Gasteiger partial charge in [-0.1, -0.05) is 43.7 Å². The van der Waals surface area contributed by atoms with Crippen molar-refractivity contribution in [1.82, 2.24) is 0 Å². The van der Waals surface area contributed by atoms with Gasteiger partial charge in [-0.3, -0.25) is 0 Å². The van der Waals surface area contributed by atoms with Crippen LogP contribution >= 0.6 is 0 Å². The molecule has 0 heterocycles. The van der Waals surface area contributed by atoms with Gasteiger partial charge in [-0.05, 0) is 30.2 Å². The predicted octanol–water partition coefficient (Wildman–Crippen LogP) is 3.96. The standard InChI is InChI=1S/C18H22O3/c1-3-4-13-21-15-11-9-14(10-12-15)18(19)16-7-5-6-8-17(16)20-2/h5-12,18-19H,3-4,13H2,1-2H3. The Morgan fingerprint density at radius 1 is 1.05 bits per heavy atom. The number of para-hydroxylation sites is 1. The zero-order valence-electron chi connectivity index (χ0n) is 12.6. The van der Waals surface area contributed by atoms with E-state index < -0.39 is 6.10 Å². The fourth-order valence-corrected chi connectivity index (χ4v) is 2.15. The molecule has 1 N–H and O–H groups in total. The largest absolute Gasteiger partial charge is 0.496 e. The molecule has 3 nitrogen and oxygen atoms in total. The van der Waals surface area contributed by atoms with E-state index in [0.29, 0.717) is 5.75 Å². The van der Waals surface area contributed by atoms with Gasteiger partial charge < -0.3 is 14.6 Å². The molecule has 0 aromatic heterocycles. The highest BCUT2D eigenvalue weighted by molar-refractivity contribution is 5.41. The summed E-state index contributed by atoms with van der Waals surface area (Å²) in [5.41, 5.74) is 1.59. The third kappa shape index (κ3) is 3.99. The highest BCUT2D eigenvalue weighted by atomic mass is 16.5. The molecule has 0 radical (unpaired) electrons. The fraction of sp³-hybridized carbons (Fsp3) is 0.333. The van der Waals surface area contributed by atoms with E-state index >= 15 is 0 Å². The van der Waals surface area contributed by atoms with Gasteiger partial charge in [0.25, 0.3) is 0 Å². The number of ether oxygens (including phenoxy) is 2. The zero-order valence-corrected chi connectivity index (χ0v) is 12.6. The molecule has 0 saturated carbocycles. The summed E-state index contributed by atoms with van der Waals surface area (Å²) in [6.07, 6.45) is 1.46. The van der Waals surface area contributed by atoms with E-state index in [-0.39, 0.29) is 0 Å². The van der Waals surface area contributed by atoms with E-state index in [9.17, 15) is 5.11 Å². The lowest BCUT2D eigenvalue weighted by atomic mass is 10.0. The SMILES string of the molecule is CCCCOc1ccc(C(O)c2ccccc2OC)cc1. The smallest absolute Gasteiger partial charge is 0.125 e. The van der Waals surface area contributed by atoms with E-state index in [4.69, 9.17) is 9.47 Å². The van der Waals surface area contributed by atoms with Gasteiger partial charge in [0.1, 0.15) is 17.6 Å². The lowest BCUT2D eigenvalue weighted by Gasteiger charge is -2.15. The minimum atomic E-state index is -0.703. The van der Waals surface area contributed by atoms with Gasteiger partial charge in [0.05, 0.1) is 13.7 Å². The first kappa shape index (κ1) is 15.4. The van der Waals surface area contributed by atoms with Crippen molar-refractivity contribution in [3.8, 4) is 11.5 Å². The summed E-state index contributed by atoms with van der Waals surface area (Å²) >= 11 is 0. The summed E-state index contributed by atoms with van der Waals surface area (Å²) in [6, 6.07) is 15.1. The summed E-state index contributed by atoms with van der Waals surface area (Å²) < 4.78 is 10.9. The minimum absolute atomic E-state index is 0.688. The van der Waals surface area contributed by atoms with Crippen molar-refractivity contribution in [3.05, 3.63) is 59.7 Å². The minimum Gasteiger partial charge on any atom is -0.496 e. The topological polar surface area (TPSA) is 38.7 Å². The van der Waals surface area contributed by atoms with Crippen molar-refractivity contribution < 1.29 is 14.6 Å². The van der Waals surface area contributed by atoms with Crippen LogP contribution in [0.1, 0.15) is 37.0 Å². The molecule has 0 aliphatic heterocycles. The van der Waals surface area contributed by atoms with Gasteiger partial charge in [0.2, 0.25) is 0 Å². The van der Waals surface area contributed by atoms with Crippen LogP contribution in [-0.2, 0) is 0 Å². The lowest BCUT2D eigenvalue weighted by molar-refractivity contribution is 0.214. The van der Waals surface area contributed by atoms with Gasteiger partial charge >= 0.3 is 0 Å². The molecule has 0 aliphatic carbocycles. The van der Waals surface area contributed by atoms with E-state index in [1.54, 1.807) is 7.11 Å². The summed E-state index contributed by atoms with van der Waals surface area (Å²) in [7, 11) is 1.61. The average Bonchev–Trinajstić information content (AvgIpc) is 2.55. The second-order valence-corrected chi connectivity index (χ2v) is 4.92.